The molecule has 0 fully saturated rings. The minimum absolute atomic E-state index is 0.130. The summed E-state index contributed by atoms with van der Waals surface area (Å²) in [7, 11) is 1.59. The highest BCUT2D eigenvalue weighted by atomic mass is 35.5. The molecule has 1 unspecified atom stereocenters. The Morgan fingerprint density at radius 3 is 2.35 bits per heavy atom. The molecule has 0 aliphatic heterocycles. The number of halogens is 3. The van der Waals surface area contributed by atoms with Crippen LogP contribution in [0.5, 0.6) is 5.75 Å². The second-order valence-electron chi connectivity index (χ2n) is 4.45. The van der Waals surface area contributed by atoms with Gasteiger partial charge in [0.05, 0.1) is 7.11 Å². The third kappa shape index (κ3) is 3.26. The second kappa shape index (κ2) is 6.20. The van der Waals surface area contributed by atoms with Gasteiger partial charge < -0.3 is 10.5 Å². The Balaban J connectivity index is 2.18. The first-order chi connectivity index (χ1) is 9.51. The SMILES string of the molecule is COc1ccc(CC(N)c2cc(F)c(F)cc2Cl)cc1. The first-order valence-electron chi connectivity index (χ1n) is 6.04. The highest BCUT2D eigenvalue weighted by Crippen LogP contribution is 2.27. The lowest BCUT2D eigenvalue weighted by Crippen LogP contribution is -2.14. The summed E-state index contributed by atoms with van der Waals surface area (Å²) in [5, 5.41) is 0.130. The van der Waals surface area contributed by atoms with Gasteiger partial charge in [-0.1, -0.05) is 23.7 Å². The zero-order valence-electron chi connectivity index (χ0n) is 10.9. The maximum Gasteiger partial charge on any atom is 0.160 e. The average molecular weight is 298 g/mol. The number of benzene rings is 2. The summed E-state index contributed by atoms with van der Waals surface area (Å²) in [6, 6.07) is 8.85. The van der Waals surface area contributed by atoms with Gasteiger partial charge in [-0.2, -0.15) is 0 Å². The lowest BCUT2D eigenvalue weighted by Gasteiger charge is -2.14. The summed E-state index contributed by atoms with van der Waals surface area (Å²) < 4.78 is 31.3. The molecule has 0 spiro atoms. The van der Waals surface area contributed by atoms with Crippen LogP contribution in [0.4, 0.5) is 8.78 Å². The largest absolute Gasteiger partial charge is 0.497 e. The second-order valence-corrected chi connectivity index (χ2v) is 4.85. The highest BCUT2D eigenvalue weighted by molar-refractivity contribution is 6.31. The van der Waals surface area contributed by atoms with Gasteiger partial charge in [-0.25, -0.2) is 8.78 Å². The van der Waals surface area contributed by atoms with E-state index in [4.69, 9.17) is 22.1 Å². The van der Waals surface area contributed by atoms with Crippen LogP contribution < -0.4 is 10.5 Å². The van der Waals surface area contributed by atoms with Crippen LogP contribution in [0.3, 0.4) is 0 Å². The molecule has 0 saturated carbocycles. The van der Waals surface area contributed by atoms with Crippen LogP contribution in [0, 0.1) is 11.6 Å². The summed E-state index contributed by atoms with van der Waals surface area (Å²) in [4.78, 5) is 0. The molecule has 0 amide bonds. The van der Waals surface area contributed by atoms with Gasteiger partial charge in [0.25, 0.3) is 0 Å². The Bertz CT molecular complexity index is 602. The van der Waals surface area contributed by atoms with Crippen LogP contribution in [0.15, 0.2) is 36.4 Å². The van der Waals surface area contributed by atoms with Crippen molar-refractivity contribution >= 4 is 11.6 Å². The molecule has 2 nitrogen and oxygen atoms in total. The molecule has 2 aromatic carbocycles. The molecule has 2 rings (SSSR count). The number of methoxy groups -OCH3 is 1. The number of nitrogens with two attached hydrogens (primary N) is 1. The molecule has 2 aromatic rings. The van der Waals surface area contributed by atoms with Gasteiger partial charge in [0, 0.05) is 11.1 Å². The van der Waals surface area contributed by atoms with Gasteiger partial charge in [-0.15, -0.1) is 0 Å². The van der Waals surface area contributed by atoms with Crippen LogP contribution in [-0.4, -0.2) is 7.11 Å². The van der Waals surface area contributed by atoms with E-state index in [2.05, 4.69) is 0 Å². The number of rotatable bonds is 4. The molecule has 0 heterocycles. The summed E-state index contributed by atoms with van der Waals surface area (Å²) in [5.41, 5.74) is 7.36. The van der Waals surface area contributed by atoms with E-state index in [1.54, 1.807) is 7.11 Å². The van der Waals surface area contributed by atoms with Crippen LogP contribution in [0.25, 0.3) is 0 Å². The molecule has 0 aliphatic rings. The Kier molecular flexibility index (Phi) is 4.57. The van der Waals surface area contributed by atoms with Crippen molar-refractivity contribution in [3.05, 3.63) is 64.2 Å². The number of ether oxygens (including phenoxy) is 1. The van der Waals surface area contributed by atoms with E-state index in [-0.39, 0.29) is 5.02 Å². The van der Waals surface area contributed by atoms with E-state index in [0.29, 0.717) is 12.0 Å². The molecule has 0 radical (unpaired) electrons. The van der Waals surface area contributed by atoms with E-state index < -0.39 is 17.7 Å². The number of hydrogen-bond acceptors (Lipinski definition) is 2. The zero-order chi connectivity index (χ0) is 14.7. The molecule has 20 heavy (non-hydrogen) atoms. The molecule has 106 valence electrons. The van der Waals surface area contributed by atoms with Gasteiger partial charge in [-0.3, -0.25) is 0 Å². The third-order valence-corrected chi connectivity index (χ3v) is 3.38. The van der Waals surface area contributed by atoms with Crippen molar-refractivity contribution in [2.75, 3.05) is 7.11 Å². The minimum atomic E-state index is -0.976. The van der Waals surface area contributed by atoms with Crippen molar-refractivity contribution in [3.63, 3.8) is 0 Å². The molecule has 5 heteroatoms. The lowest BCUT2D eigenvalue weighted by atomic mass is 9.99. The van der Waals surface area contributed by atoms with Gasteiger partial charge in [-0.05, 0) is 41.8 Å². The number of hydrogen-bond donors (Lipinski definition) is 1. The van der Waals surface area contributed by atoms with Crippen molar-refractivity contribution in [1.82, 2.24) is 0 Å². The van der Waals surface area contributed by atoms with Crippen LogP contribution >= 0.6 is 11.6 Å². The monoisotopic (exact) mass is 297 g/mol. The topological polar surface area (TPSA) is 35.2 Å². The molecule has 2 N–H and O–H groups in total. The van der Waals surface area contributed by atoms with E-state index in [1.807, 2.05) is 24.3 Å². The summed E-state index contributed by atoms with van der Waals surface area (Å²) in [6.45, 7) is 0. The molecular weight excluding hydrogens is 284 g/mol. The quantitative estimate of drug-likeness (QED) is 0.870. The zero-order valence-corrected chi connectivity index (χ0v) is 11.6. The standard InChI is InChI=1S/C15H14ClF2NO/c1-20-10-4-2-9(3-5-10)6-15(19)11-7-13(17)14(18)8-12(11)16/h2-5,7-8,15H,6,19H2,1H3. The highest BCUT2D eigenvalue weighted by Gasteiger charge is 2.15. The normalized spacial score (nSPS) is 12.2. The molecule has 0 saturated heterocycles. The van der Waals surface area contributed by atoms with E-state index in [0.717, 1.165) is 23.4 Å². The predicted molar refractivity (Wildman–Crippen MR) is 75.0 cm³/mol. The Morgan fingerprint density at radius 2 is 1.75 bits per heavy atom. The van der Waals surface area contributed by atoms with Crippen LogP contribution in [-0.2, 0) is 6.42 Å². The molecule has 0 bridgehead atoms. The van der Waals surface area contributed by atoms with Gasteiger partial charge in [0.2, 0.25) is 0 Å². The van der Waals surface area contributed by atoms with E-state index in [1.165, 1.54) is 0 Å². The first-order valence-corrected chi connectivity index (χ1v) is 6.42. The smallest absolute Gasteiger partial charge is 0.160 e. The van der Waals surface area contributed by atoms with Crippen molar-refractivity contribution < 1.29 is 13.5 Å². The molecule has 0 aliphatic carbocycles. The average Bonchev–Trinajstić information content (AvgIpc) is 2.43. The fourth-order valence-electron chi connectivity index (χ4n) is 1.95. The van der Waals surface area contributed by atoms with Crippen LogP contribution in [0.1, 0.15) is 17.2 Å². The first kappa shape index (κ1) is 14.8. The van der Waals surface area contributed by atoms with Gasteiger partial charge in [0.1, 0.15) is 5.75 Å². The van der Waals surface area contributed by atoms with Crippen molar-refractivity contribution in [1.29, 1.82) is 0 Å². The van der Waals surface area contributed by atoms with E-state index >= 15 is 0 Å². The van der Waals surface area contributed by atoms with Crippen molar-refractivity contribution in [2.24, 2.45) is 5.73 Å². The third-order valence-electron chi connectivity index (χ3n) is 3.05. The Morgan fingerprint density at radius 1 is 1.15 bits per heavy atom. The summed E-state index contributed by atoms with van der Waals surface area (Å²) in [6.07, 6.45) is 0.467. The van der Waals surface area contributed by atoms with Gasteiger partial charge in [0.15, 0.2) is 11.6 Å². The van der Waals surface area contributed by atoms with E-state index in [9.17, 15) is 8.78 Å². The fraction of sp³-hybridized carbons (Fsp3) is 0.200. The summed E-state index contributed by atoms with van der Waals surface area (Å²) >= 11 is 5.90. The molecule has 1 atom stereocenters. The fourth-order valence-corrected chi connectivity index (χ4v) is 2.24. The van der Waals surface area contributed by atoms with Crippen molar-refractivity contribution in [2.45, 2.75) is 12.5 Å². The van der Waals surface area contributed by atoms with Crippen molar-refractivity contribution in [3.8, 4) is 5.75 Å². The lowest BCUT2D eigenvalue weighted by molar-refractivity contribution is 0.414. The molecular formula is C15H14ClF2NO. The maximum absolute atomic E-state index is 13.3. The summed E-state index contributed by atoms with van der Waals surface area (Å²) in [5.74, 6) is -1.18. The molecule has 0 aromatic heterocycles. The Labute approximate surface area is 121 Å². The Hall–Kier alpha value is -1.65. The maximum atomic E-state index is 13.3. The van der Waals surface area contributed by atoms with Crippen LogP contribution in [0.2, 0.25) is 5.02 Å². The minimum Gasteiger partial charge on any atom is -0.497 e. The predicted octanol–water partition coefficient (Wildman–Crippen LogP) is 3.87. The van der Waals surface area contributed by atoms with Gasteiger partial charge >= 0.3 is 0 Å².